The van der Waals surface area contributed by atoms with E-state index in [0.717, 1.165) is 18.4 Å². The van der Waals surface area contributed by atoms with Gasteiger partial charge in [-0.25, -0.2) is 0 Å². The number of aliphatic hydroxyl groups is 1. The highest BCUT2D eigenvalue weighted by molar-refractivity contribution is 6.17. The Kier molecular flexibility index (Phi) is 5.92. The lowest BCUT2D eigenvalue weighted by Crippen LogP contribution is -2.10. The molecule has 2 nitrogen and oxygen atoms in total. The minimum Gasteiger partial charge on any atom is -0.387 e. The molecule has 2 unspecified atom stereocenters. The van der Waals surface area contributed by atoms with Crippen molar-refractivity contribution >= 4 is 11.6 Å². The van der Waals surface area contributed by atoms with Gasteiger partial charge in [0.2, 0.25) is 0 Å². The molecule has 0 aliphatic heterocycles. The molecule has 1 rings (SSSR count). The maximum Gasteiger partial charge on any atom is 0.0948 e. The van der Waals surface area contributed by atoms with Gasteiger partial charge in [-0.15, -0.1) is 11.6 Å². The van der Waals surface area contributed by atoms with Gasteiger partial charge in [0.15, 0.2) is 0 Å². The molecule has 0 saturated heterocycles. The number of halogens is 1. The zero-order valence-electron chi connectivity index (χ0n) is 9.14. The molecule has 0 bridgehead atoms. The first-order chi connectivity index (χ1) is 7.79. The van der Waals surface area contributed by atoms with Crippen molar-refractivity contribution in [2.75, 3.05) is 5.88 Å². The Morgan fingerprint density at radius 2 is 1.94 bits per heavy atom. The third-order valence-corrected chi connectivity index (χ3v) is 2.85. The van der Waals surface area contributed by atoms with Crippen molar-refractivity contribution in [3.63, 3.8) is 0 Å². The Morgan fingerprint density at radius 3 is 2.50 bits per heavy atom. The fourth-order valence-corrected chi connectivity index (χ4v) is 1.82. The Balaban J connectivity index is 2.57. The quantitative estimate of drug-likeness (QED) is 0.610. The van der Waals surface area contributed by atoms with Crippen LogP contribution in [0.1, 0.15) is 30.9 Å². The van der Waals surface area contributed by atoms with Crippen LogP contribution in [0.2, 0.25) is 0 Å². The summed E-state index contributed by atoms with van der Waals surface area (Å²) in [6.45, 7) is 0. The number of aliphatic hydroxyl groups excluding tert-OH is 1. The van der Waals surface area contributed by atoms with Crippen molar-refractivity contribution in [3.8, 4) is 6.07 Å². The van der Waals surface area contributed by atoms with Crippen molar-refractivity contribution in [1.29, 1.82) is 5.26 Å². The number of nitriles is 1. The summed E-state index contributed by atoms with van der Waals surface area (Å²) in [6, 6.07) is 11.5. The van der Waals surface area contributed by atoms with E-state index in [1.54, 1.807) is 0 Å². The molecule has 0 fully saturated rings. The first kappa shape index (κ1) is 13.0. The summed E-state index contributed by atoms with van der Waals surface area (Å²) in [5.74, 6) is 0.269. The molecule has 0 amide bonds. The average molecular weight is 238 g/mol. The number of rotatable bonds is 6. The predicted octanol–water partition coefficient (Wildman–Crippen LogP) is 3.27. The second-order valence-corrected chi connectivity index (χ2v) is 4.15. The fraction of sp³-hybridized carbons (Fsp3) is 0.462. The summed E-state index contributed by atoms with van der Waals surface area (Å²) >= 11 is 5.58. The van der Waals surface area contributed by atoms with Gasteiger partial charge in [-0.3, -0.25) is 0 Å². The molecule has 0 heterocycles. The Bertz CT molecular complexity index is 334. The lowest BCUT2D eigenvalue weighted by molar-refractivity contribution is 0.129. The topological polar surface area (TPSA) is 44.0 Å². The van der Waals surface area contributed by atoms with Gasteiger partial charge in [-0.2, -0.15) is 5.26 Å². The first-order valence-corrected chi connectivity index (χ1v) is 6.01. The normalized spacial score (nSPS) is 14.1. The highest BCUT2D eigenvalue weighted by atomic mass is 35.5. The minimum absolute atomic E-state index is 0.342. The molecule has 1 aromatic rings. The second-order valence-electron chi connectivity index (χ2n) is 3.78. The van der Waals surface area contributed by atoms with Crippen LogP contribution in [-0.2, 0) is 0 Å². The van der Waals surface area contributed by atoms with E-state index in [-0.39, 0.29) is 5.92 Å². The summed E-state index contributed by atoms with van der Waals surface area (Å²) in [5.41, 5.74) is 0.805. The monoisotopic (exact) mass is 237 g/mol. The number of unbranched alkanes of at least 4 members (excludes halogenated alkanes) is 1. The molecule has 0 aliphatic carbocycles. The summed E-state index contributed by atoms with van der Waals surface area (Å²) in [4.78, 5) is 0. The Morgan fingerprint density at radius 1 is 1.25 bits per heavy atom. The molecule has 16 heavy (non-hydrogen) atoms. The largest absolute Gasteiger partial charge is 0.387 e. The SMILES string of the molecule is N#CC(CCCCCl)C(O)c1ccccc1. The van der Waals surface area contributed by atoms with Crippen molar-refractivity contribution in [2.45, 2.75) is 25.4 Å². The van der Waals surface area contributed by atoms with Crippen molar-refractivity contribution in [3.05, 3.63) is 35.9 Å². The highest BCUT2D eigenvalue weighted by Crippen LogP contribution is 2.25. The average Bonchev–Trinajstić information content (AvgIpc) is 2.35. The third kappa shape index (κ3) is 3.84. The van der Waals surface area contributed by atoms with Gasteiger partial charge in [0.1, 0.15) is 0 Å². The van der Waals surface area contributed by atoms with Gasteiger partial charge >= 0.3 is 0 Å². The molecule has 0 saturated carbocycles. The van der Waals surface area contributed by atoms with Crippen LogP contribution in [-0.4, -0.2) is 11.0 Å². The number of hydrogen-bond acceptors (Lipinski definition) is 2. The van der Waals surface area contributed by atoms with Crippen LogP contribution >= 0.6 is 11.6 Å². The molecule has 0 aromatic heterocycles. The lowest BCUT2D eigenvalue weighted by Gasteiger charge is -2.16. The molecule has 86 valence electrons. The van der Waals surface area contributed by atoms with Gasteiger partial charge in [-0.05, 0) is 18.4 Å². The molecule has 2 atom stereocenters. The van der Waals surface area contributed by atoms with Crippen LogP contribution in [0.5, 0.6) is 0 Å². The van der Waals surface area contributed by atoms with Crippen molar-refractivity contribution in [1.82, 2.24) is 0 Å². The van der Waals surface area contributed by atoms with Gasteiger partial charge in [0.25, 0.3) is 0 Å². The molecule has 1 aromatic carbocycles. The molecular weight excluding hydrogens is 222 g/mol. The smallest absolute Gasteiger partial charge is 0.0948 e. The van der Waals surface area contributed by atoms with E-state index >= 15 is 0 Å². The van der Waals surface area contributed by atoms with Crippen LogP contribution in [0.3, 0.4) is 0 Å². The van der Waals surface area contributed by atoms with E-state index in [2.05, 4.69) is 6.07 Å². The summed E-state index contributed by atoms with van der Waals surface area (Å²) < 4.78 is 0. The van der Waals surface area contributed by atoms with E-state index < -0.39 is 6.10 Å². The summed E-state index contributed by atoms with van der Waals surface area (Å²) in [5, 5.41) is 19.0. The molecule has 0 radical (unpaired) electrons. The zero-order chi connectivity index (χ0) is 11.8. The number of alkyl halides is 1. The van der Waals surface area contributed by atoms with Crippen LogP contribution in [0, 0.1) is 17.2 Å². The van der Waals surface area contributed by atoms with Crippen LogP contribution in [0.25, 0.3) is 0 Å². The molecule has 0 spiro atoms. The van der Waals surface area contributed by atoms with E-state index in [1.165, 1.54) is 0 Å². The first-order valence-electron chi connectivity index (χ1n) is 5.48. The van der Waals surface area contributed by atoms with Crippen molar-refractivity contribution < 1.29 is 5.11 Å². The summed E-state index contributed by atoms with van der Waals surface area (Å²) in [6.07, 6.45) is 1.77. The van der Waals surface area contributed by atoms with Gasteiger partial charge in [0.05, 0.1) is 18.1 Å². The number of nitrogens with zero attached hydrogens (tertiary/aromatic N) is 1. The Labute approximate surface area is 101 Å². The maximum atomic E-state index is 10.0. The highest BCUT2D eigenvalue weighted by Gasteiger charge is 2.19. The van der Waals surface area contributed by atoms with Gasteiger partial charge < -0.3 is 5.11 Å². The van der Waals surface area contributed by atoms with Crippen LogP contribution in [0.15, 0.2) is 30.3 Å². The Hall–Kier alpha value is -1.04. The van der Waals surface area contributed by atoms with Gasteiger partial charge in [0, 0.05) is 5.88 Å². The molecule has 1 N–H and O–H groups in total. The molecular formula is C13H16ClNO. The minimum atomic E-state index is -0.693. The van der Waals surface area contributed by atoms with Crippen molar-refractivity contribution in [2.24, 2.45) is 5.92 Å². The molecule has 0 aliphatic rings. The van der Waals surface area contributed by atoms with E-state index in [0.29, 0.717) is 12.3 Å². The predicted molar refractivity (Wildman–Crippen MR) is 65.1 cm³/mol. The second kappa shape index (κ2) is 7.27. The lowest BCUT2D eigenvalue weighted by atomic mass is 9.92. The third-order valence-electron chi connectivity index (χ3n) is 2.59. The fourth-order valence-electron chi connectivity index (χ4n) is 1.63. The maximum absolute atomic E-state index is 10.0. The van der Waals surface area contributed by atoms with Crippen LogP contribution in [0.4, 0.5) is 0 Å². The number of hydrogen-bond donors (Lipinski definition) is 1. The zero-order valence-corrected chi connectivity index (χ0v) is 9.90. The standard InChI is InChI=1S/C13H16ClNO/c14-9-5-4-8-12(10-15)13(16)11-6-2-1-3-7-11/h1-3,6-7,12-13,16H,4-5,8-9H2. The van der Waals surface area contributed by atoms with E-state index in [1.807, 2.05) is 30.3 Å². The summed E-state index contributed by atoms with van der Waals surface area (Å²) in [7, 11) is 0. The van der Waals surface area contributed by atoms with E-state index in [4.69, 9.17) is 16.9 Å². The van der Waals surface area contributed by atoms with E-state index in [9.17, 15) is 5.11 Å². The molecule has 3 heteroatoms. The number of benzene rings is 1. The van der Waals surface area contributed by atoms with Crippen LogP contribution < -0.4 is 0 Å². The van der Waals surface area contributed by atoms with Gasteiger partial charge in [-0.1, -0.05) is 36.8 Å².